The van der Waals surface area contributed by atoms with Gasteiger partial charge in [-0.3, -0.25) is 4.68 Å². The van der Waals surface area contributed by atoms with E-state index in [9.17, 15) is 0 Å². The molecule has 1 aliphatic carbocycles. The second-order valence-electron chi connectivity index (χ2n) is 5.20. The Hall–Kier alpha value is -1.03. The molecular formula is C13H24N4. The summed E-state index contributed by atoms with van der Waals surface area (Å²) < 4.78 is 1.94. The Morgan fingerprint density at radius 2 is 2.06 bits per heavy atom. The van der Waals surface area contributed by atoms with Crippen LogP contribution in [-0.2, 0) is 7.05 Å². The molecule has 0 aliphatic heterocycles. The highest BCUT2D eigenvalue weighted by Gasteiger charge is 2.25. The zero-order valence-electron chi connectivity index (χ0n) is 11.2. The summed E-state index contributed by atoms with van der Waals surface area (Å²) in [6.07, 6.45) is 5.12. The Balaban J connectivity index is 2.13. The van der Waals surface area contributed by atoms with Gasteiger partial charge in [0.2, 0.25) is 0 Å². The fourth-order valence-corrected chi connectivity index (χ4v) is 2.85. The highest BCUT2D eigenvalue weighted by Crippen LogP contribution is 2.28. The average molecular weight is 236 g/mol. The van der Waals surface area contributed by atoms with Gasteiger partial charge in [-0.05, 0) is 39.2 Å². The van der Waals surface area contributed by atoms with Crippen molar-refractivity contribution in [3.05, 3.63) is 11.4 Å². The zero-order valence-corrected chi connectivity index (χ0v) is 11.2. The van der Waals surface area contributed by atoms with Crippen LogP contribution in [-0.4, -0.2) is 22.4 Å². The van der Waals surface area contributed by atoms with Crippen LogP contribution in [0.15, 0.2) is 0 Å². The molecule has 1 aliphatic rings. The summed E-state index contributed by atoms with van der Waals surface area (Å²) in [6, 6.07) is 0.523. The third-order valence-electron chi connectivity index (χ3n) is 4.05. The van der Waals surface area contributed by atoms with Crippen LogP contribution in [0.3, 0.4) is 0 Å². The summed E-state index contributed by atoms with van der Waals surface area (Å²) in [5.74, 6) is 0.614. The van der Waals surface area contributed by atoms with Gasteiger partial charge >= 0.3 is 0 Å². The van der Waals surface area contributed by atoms with Crippen molar-refractivity contribution < 1.29 is 0 Å². The molecule has 2 unspecified atom stereocenters. The quantitative estimate of drug-likeness (QED) is 0.843. The molecular weight excluding hydrogens is 212 g/mol. The maximum atomic E-state index is 5.87. The van der Waals surface area contributed by atoms with Crippen molar-refractivity contribution in [1.82, 2.24) is 9.78 Å². The largest absolute Gasteiger partial charge is 0.379 e. The maximum absolute atomic E-state index is 5.87. The van der Waals surface area contributed by atoms with Crippen LogP contribution in [0.2, 0.25) is 0 Å². The van der Waals surface area contributed by atoms with Crippen molar-refractivity contribution in [2.24, 2.45) is 18.7 Å². The first kappa shape index (κ1) is 12.4. The summed E-state index contributed by atoms with van der Waals surface area (Å²) in [5.41, 5.74) is 9.38. The molecule has 1 aromatic heterocycles. The zero-order chi connectivity index (χ0) is 12.4. The fraction of sp³-hybridized carbons (Fsp3) is 0.769. The van der Waals surface area contributed by atoms with E-state index in [2.05, 4.69) is 24.3 Å². The van der Waals surface area contributed by atoms with Crippen LogP contribution in [0.5, 0.6) is 0 Å². The molecule has 1 saturated carbocycles. The van der Waals surface area contributed by atoms with Gasteiger partial charge in [-0.1, -0.05) is 12.8 Å². The Kier molecular flexibility index (Phi) is 3.72. The van der Waals surface area contributed by atoms with Gasteiger partial charge in [0, 0.05) is 13.1 Å². The number of nitrogens with two attached hydrogens (primary N) is 1. The van der Waals surface area contributed by atoms with E-state index in [0.717, 1.165) is 12.2 Å². The standard InChI is InChI=1S/C13H24N4/c1-9-13(10(2)17(3)16-9)15-12-7-5-4-6-11(12)8-14/h11-12,15H,4-8,14H2,1-3H3. The Morgan fingerprint density at radius 3 is 2.65 bits per heavy atom. The molecule has 1 fully saturated rings. The molecule has 4 heteroatoms. The van der Waals surface area contributed by atoms with E-state index in [1.807, 2.05) is 11.7 Å². The molecule has 1 heterocycles. The van der Waals surface area contributed by atoms with Gasteiger partial charge in [0.25, 0.3) is 0 Å². The van der Waals surface area contributed by atoms with Gasteiger partial charge < -0.3 is 11.1 Å². The van der Waals surface area contributed by atoms with Gasteiger partial charge in [-0.2, -0.15) is 5.10 Å². The van der Waals surface area contributed by atoms with Crippen molar-refractivity contribution in [2.45, 2.75) is 45.6 Å². The lowest BCUT2D eigenvalue weighted by Gasteiger charge is -2.32. The summed E-state index contributed by atoms with van der Waals surface area (Å²) >= 11 is 0. The van der Waals surface area contributed by atoms with Crippen LogP contribution in [0.4, 0.5) is 5.69 Å². The normalized spacial score (nSPS) is 24.9. The first-order chi connectivity index (χ1) is 8.13. The second-order valence-corrected chi connectivity index (χ2v) is 5.20. The van der Waals surface area contributed by atoms with Gasteiger partial charge in [0.1, 0.15) is 0 Å². The van der Waals surface area contributed by atoms with E-state index in [0.29, 0.717) is 12.0 Å². The fourth-order valence-electron chi connectivity index (χ4n) is 2.85. The highest BCUT2D eigenvalue weighted by molar-refractivity contribution is 5.52. The number of rotatable bonds is 3. The molecule has 0 bridgehead atoms. The van der Waals surface area contributed by atoms with Crippen molar-refractivity contribution in [1.29, 1.82) is 0 Å². The number of hydrogen-bond donors (Lipinski definition) is 2. The summed E-state index contributed by atoms with van der Waals surface area (Å²) in [6.45, 7) is 4.97. The maximum Gasteiger partial charge on any atom is 0.0827 e. The van der Waals surface area contributed by atoms with Crippen LogP contribution in [0, 0.1) is 19.8 Å². The second kappa shape index (κ2) is 5.08. The van der Waals surface area contributed by atoms with Crippen molar-refractivity contribution in [3.63, 3.8) is 0 Å². The molecule has 17 heavy (non-hydrogen) atoms. The van der Waals surface area contributed by atoms with Gasteiger partial charge in [-0.15, -0.1) is 0 Å². The van der Waals surface area contributed by atoms with E-state index < -0.39 is 0 Å². The number of nitrogens with one attached hydrogen (secondary N) is 1. The van der Waals surface area contributed by atoms with Crippen molar-refractivity contribution in [2.75, 3.05) is 11.9 Å². The van der Waals surface area contributed by atoms with E-state index in [1.165, 1.54) is 37.1 Å². The lowest BCUT2D eigenvalue weighted by molar-refractivity contribution is 0.332. The molecule has 1 aromatic rings. The Bertz CT molecular complexity index is 383. The van der Waals surface area contributed by atoms with E-state index in [-0.39, 0.29) is 0 Å². The predicted octanol–water partition coefficient (Wildman–Crippen LogP) is 1.97. The van der Waals surface area contributed by atoms with Gasteiger partial charge in [0.15, 0.2) is 0 Å². The topological polar surface area (TPSA) is 55.9 Å². The van der Waals surface area contributed by atoms with Crippen LogP contribution in [0.25, 0.3) is 0 Å². The van der Waals surface area contributed by atoms with Gasteiger partial charge in [-0.25, -0.2) is 0 Å². The lowest BCUT2D eigenvalue weighted by Crippen LogP contribution is -2.37. The monoisotopic (exact) mass is 236 g/mol. The van der Waals surface area contributed by atoms with E-state index in [4.69, 9.17) is 5.73 Å². The molecule has 0 spiro atoms. The molecule has 0 aromatic carbocycles. The molecule has 2 atom stereocenters. The van der Waals surface area contributed by atoms with E-state index in [1.54, 1.807) is 0 Å². The first-order valence-corrected chi connectivity index (χ1v) is 6.60. The Morgan fingerprint density at radius 1 is 1.35 bits per heavy atom. The molecule has 2 rings (SSSR count). The minimum Gasteiger partial charge on any atom is -0.379 e. The smallest absolute Gasteiger partial charge is 0.0827 e. The SMILES string of the molecule is Cc1nn(C)c(C)c1NC1CCCCC1CN. The molecule has 0 radical (unpaired) electrons. The van der Waals surface area contributed by atoms with Crippen LogP contribution < -0.4 is 11.1 Å². The van der Waals surface area contributed by atoms with E-state index >= 15 is 0 Å². The number of nitrogens with zero attached hydrogens (tertiary/aromatic N) is 2. The number of aryl methyl sites for hydroxylation is 2. The first-order valence-electron chi connectivity index (χ1n) is 6.60. The molecule has 0 saturated heterocycles. The molecule has 0 amide bonds. The van der Waals surface area contributed by atoms with Crippen LogP contribution in [0.1, 0.15) is 37.1 Å². The summed E-state index contributed by atoms with van der Waals surface area (Å²) in [4.78, 5) is 0. The molecule has 96 valence electrons. The predicted molar refractivity (Wildman–Crippen MR) is 71.1 cm³/mol. The van der Waals surface area contributed by atoms with Gasteiger partial charge in [0.05, 0.1) is 17.1 Å². The number of aromatic nitrogens is 2. The number of hydrogen-bond acceptors (Lipinski definition) is 3. The highest BCUT2D eigenvalue weighted by atomic mass is 15.3. The molecule has 4 nitrogen and oxygen atoms in total. The Labute approximate surface area is 104 Å². The minimum absolute atomic E-state index is 0.523. The third-order valence-corrected chi connectivity index (χ3v) is 4.05. The third kappa shape index (κ3) is 2.46. The van der Waals surface area contributed by atoms with Crippen molar-refractivity contribution in [3.8, 4) is 0 Å². The number of anilines is 1. The molecule has 3 N–H and O–H groups in total. The minimum atomic E-state index is 0.523. The lowest BCUT2D eigenvalue weighted by atomic mass is 9.84. The summed E-state index contributed by atoms with van der Waals surface area (Å²) in [7, 11) is 1.99. The average Bonchev–Trinajstić information content (AvgIpc) is 2.57. The van der Waals surface area contributed by atoms with Crippen LogP contribution >= 0.6 is 0 Å². The van der Waals surface area contributed by atoms with Crippen molar-refractivity contribution >= 4 is 5.69 Å². The summed E-state index contributed by atoms with van der Waals surface area (Å²) in [5, 5.41) is 8.13.